The molecule has 1 aromatic carbocycles. The minimum absolute atomic E-state index is 0.0571. The fraction of sp³-hybridized carbons (Fsp3) is 0. The number of fused-ring (bicyclic) bond motifs is 1. The van der Waals surface area contributed by atoms with Crippen molar-refractivity contribution in [3.8, 4) is 5.82 Å². The lowest BCUT2D eigenvalue weighted by molar-refractivity contribution is 0.601. The molecule has 4 rings (SSSR count). The van der Waals surface area contributed by atoms with Crippen LogP contribution in [0.5, 0.6) is 0 Å². The van der Waals surface area contributed by atoms with Crippen LogP contribution in [0.2, 0.25) is 5.02 Å². The summed E-state index contributed by atoms with van der Waals surface area (Å²) in [5, 5.41) is 5.18. The highest BCUT2D eigenvalue weighted by Crippen LogP contribution is 2.29. The fourth-order valence-electron chi connectivity index (χ4n) is 2.48. The number of halogens is 2. The molecule has 0 amide bonds. The average Bonchev–Trinajstić information content (AvgIpc) is 3.24. The van der Waals surface area contributed by atoms with E-state index >= 15 is 0 Å². The normalized spacial score (nSPS) is 11.8. The number of sulfonamides is 1. The summed E-state index contributed by atoms with van der Waals surface area (Å²) >= 11 is 6.06. The van der Waals surface area contributed by atoms with E-state index in [1.54, 1.807) is 24.4 Å². The molecule has 3 aromatic heterocycles. The molecule has 4 aromatic rings. The van der Waals surface area contributed by atoms with Gasteiger partial charge in [-0.2, -0.15) is 5.10 Å². The predicted octanol–water partition coefficient (Wildman–Crippen LogP) is 3.34. The van der Waals surface area contributed by atoms with E-state index in [2.05, 4.69) is 19.8 Å². The van der Waals surface area contributed by atoms with E-state index in [1.807, 2.05) is 0 Å². The van der Waals surface area contributed by atoms with Crippen molar-refractivity contribution in [2.45, 2.75) is 4.90 Å². The summed E-state index contributed by atoms with van der Waals surface area (Å²) < 4.78 is 42.0. The first-order valence-electron chi connectivity index (χ1n) is 7.39. The number of hydrogen-bond donors (Lipinski definition) is 2. The first-order valence-corrected chi connectivity index (χ1v) is 9.25. The van der Waals surface area contributed by atoms with E-state index < -0.39 is 15.8 Å². The molecule has 0 unspecified atom stereocenters. The maximum Gasteiger partial charge on any atom is 0.265 e. The zero-order valence-corrected chi connectivity index (χ0v) is 14.6. The molecule has 0 atom stereocenters. The minimum atomic E-state index is -3.89. The monoisotopic (exact) mass is 391 g/mol. The summed E-state index contributed by atoms with van der Waals surface area (Å²) in [5.74, 6) is -0.195. The third-order valence-corrected chi connectivity index (χ3v) is 5.36. The highest BCUT2D eigenvalue weighted by Gasteiger charge is 2.19. The molecule has 0 radical (unpaired) electrons. The third kappa shape index (κ3) is 2.91. The Morgan fingerprint density at radius 1 is 1.19 bits per heavy atom. The van der Waals surface area contributed by atoms with Crippen LogP contribution in [-0.4, -0.2) is 28.2 Å². The van der Waals surface area contributed by atoms with Gasteiger partial charge in [0, 0.05) is 11.6 Å². The largest absolute Gasteiger partial charge is 0.358 e. The Hall–Kier alpha value is -2.91. The van der Waals surface area contributed by atoms with Crippen LogP contribution < -0.4 is 4.72 Å². The lowest BCUT2D eigenvalue weighted by Gasteiger charge is -2.07. The number of rotatable bonds is 4. The van der Waals surface area contributed by atoms with Gasteiger partial charge in [0.05, 0.1) is 34.8 Å². The highest BCUT2D eigenvalue weighted by molar-refractivity contribution is 7.92. The average molecular weight is 392 g/mol. The first kappa shape index (κ1) is 16.6. The summed E-state index contributed by atoms with van der Waals surface area (Å²) in [6.07, 6.45) is 5.10. The summed E-state index contributed by atoms with van der Waals surface area (Å²) in [4.78, 5) is 6.75. The number of nitrogens with zero attached hydrogens (tertiary/aromatic N) is 3. The molecule has 0 aliphatic rings. The molecule has 10 heteroatoms. The van der Waals surface area contributed by atoms with Crippen LogP contribution in [0.4, 0.5) is 10.1 Å². The molecule has 0 aliphatic carbocycles. The zero-order valence-electron chi connectivity index (χ0n) is 13.0. The van der Waals surface area contributed by atoms with Gasteiger partial charge in [0.15, 0.2) is 5.82 Å². The summed E-state index contributed by atoms with van der Waals surface area (Å²) in [7, 11) is -3.89. The summed E-state index contributed by atoms with van der Waals surface area (Å²) in [5.41, 5.74) is 0.940. The number of anilines is 1. The Labute approximate surface area is 152 Å². The standard InChI is InChI=1S/C16H11ClFN5O2S/c17-13-8-20-16-12(13)2-1-3-14(16)22-26(24,25)11-7-21-23(9-11)15-5-4-10(18)6-19-15/h1-9,20,22H. The number of pyridine rings is 1. The van der Waals surface area contributed by atoms with Crippen molar-refractivity contribution in [2.75, 3.05) is 4.72 Å². The van der Waals surface area contributed by atoms with Gasteiger partial charge in [0.25, 0.3) is 10.0 Å². The van der Waals surface area contributed by atoms with Gasteiger partial charge < -0.3 is 4.98 Å². The number of para-hydroxylation sites is 1. The van der Waals surface area contributed by atoms with E-state index in [4.69, 9.17) is 11.6 Å². The van der Waals surface area contributed by atoms with Crippen LogP contribution in [0.3, 0.4) is 0 Å². The predicted molar refractivity (Wildman–Crippen MR) is 95.4 cm³/mol. The molecule has 2 N–H and O–H groups in total. The van der Waals surface area contributed by atoms with E-state index in [-0.39, 0.29) is 4.90 Å². The molecule has 0 fully saturated rings. The number of nitrogens with one attached hydrogen (secondary N) is 2. The van der Waals surface area contributed by atoms with Gasteiger partial charge in [-0.15, -0.1) is 0 Å². The Bertz CT molecular complexity index is 1200. The SMILES string of the molecule is O=S(=O)(Nc1cccc2c(Cl)c[nH]c12)c1cnn(-c2ccc(F)cn2)c1. The topological polar surface area (TPSA) is 92.7 Å². The van der Waals surface area contributed by atoms with Crippen LogP contribution >= 0.6 is 11.6 Å². The van der Waals surface area contributed by atoms with E-state index in [0.29, 0.717) is 27.4 Å². The molecule has 0 saturated heterocycles. The fourth-order valence-corrected chi connectivity index (χ4v) is 3.70. The molecule has 3 heterocycles. The minimum Gasteiger partial charge on any atom is -0.358 e. The maximum atomic E-state index is 13.0. The van der Waals surface area contributed by atoms with Crippen LogP contribution in [0.15, 0.2) is 60.0 Å². The number of aromatic amines is 1. The molecule has 0 saturated carbocycles. The van der Waals surface area contributed by atoms with Crippen molar-refractivity contribution in [2.24, 2.45) is 0 Å². The lowest BCUT2D eigenvalue weighted by Crippen LogP contribution is -2.12. The number of benzene rings is 1. The van der Waals surface area contributed by atoms with E-state index in [0.717, 1.165) is 6.20 Å². The first-order chi connectivity index (χ1) is 12.4. The third-order valence-electron chi connectivity index (χ3n) is 3.73. The Kier molecular flexibility index (Phi) is 3.89. The molecule has 0 bridgehead atoms. The van der Waals surface area contributed by atoms with Gasteiger partial charge >= 0.3 is 0 Å². The second-order valence-corrected chi connectivity index (χ2v) is 7.52. The van der Waals surface area contributed by atoms with E-state index in [1.165, 1.54) is 29.2 Å². The van der Waals surface area contributed by atoms with Gasteiger partial charge in [0.1, 0.15) is 10.7 Å². The molecule has 26 heavy (non-hydrogen) atoms. The molecule has 132 valence electrons. The molecular formula is C16H11ClFN5O2S. The van der Waals surface area contributed by atoms with Gasteiger partial charge in [-0.05, 0) is 18.2 Å². The van der Waals surface area contributed by atoms with Gasteiger partial charge in [-0.25, -0.2) is 22.5 Å². The second kappa shape index (κ2) is 6.11. The molecule has 0 aliphatic heterocycles. The molecule has 7 nitrogen and oxygen atoms in total. The van der Waals surface area contributed by atoms with Gasteiger partial charge in [-0.3, -0.25) is 4.72 Å². The van der Waals surface area contributed by atoms with Crippen LogP contribution in [0.25, 0.3) is 16.7 Å². The Morgan fingerprint density at radius 2 is 2.04 bits per heavy atom. The number of H-pyrrole nitrogens is 1. The summed E-state index contributed by atoms with van der Waals surface area (Å²) in [6, 6.07) is 7.72. The Balaban J connectivity index is 1.68. The lowest BCUT2D eigenvalue weighted by atomic mass is 10.2. The maximum absolute atomic E-state index is 13.0. The van der Waals surface area contributed by atoms with Gasteiger partial charge in [-0.1, -0.05) is 23.7 Å². The molecule has 0 spiro atoms. The smallest absolute Gasteiger partial charge is 0.265 e. The van der Waals surface area contributed by atoms with Crippen molar-refractivity contribution >= 4 is 38.2 Å². The van der Waals surface area contributed by atoms with Crippen LogP contribution in [-0.2, 0) is 10.0 Å². The molecular weight excluding hydrogens is 381 g/mol. The highest BCUT2D eigenvalue weighted by atomic mass is 35.5. The van der Waals surface area contributed by atoms with Crippen molar-refractivity contribution in [3.63, 3.8) is 0 Å². The zero-order chi connectivity index (χ0) is 18.3. The van der Waals surface area contributed by atoms with Crippen molar-refractivity contribution in [3.05, 3.63) is 66.0 Å². The Morgan fingerprint density at radius 3 is 2.81 bits per heavy atom. The quantitative estimate of drug-likeness (QED) is 0.558. The van der Waals surface area contributed by atoms with Crippen LogP contribution in [0, 0.1) is 5.82 Å². The van der Waals surface area contributed by atoms with E-state index in [9.17, 15) is 12.8 Å². The summed E-state index contributed by atoms with van der Waals surface area (Å²) in [6.45, 7) is 0. The van der Waals surface area contributed by atoms with Gasteiger partial charge in [0.2, 0.25) is 0 Å². The second-order valence-electron chi connectivity index (χ2n) is 5.43. The van der Waals surface area contributed by atoms with Crippen LogP contribution in [0.1, 0.15) is 0 Å². The van der Waals surface area contributed by atoms with Crippen molar-refractivity contribution in [1.82, 2.24) is 19.7 Å². The van der Waals surface area contributed by atoms with Crippen molar-refractivity contribution in [1.29, 1.82) is 0 Å². The van der Waals surface area contributed by atoms with Crippen molar-refractivity contribution < 1.29 is 12.8 Å². The number of aromatic nitrogens is 4. The number of hydrogen-bond acceptors (Lipinski definition) is 4.